The van der Waals surface area contributed by atoms with Crippen LogP contribution in [0.15, 0.2) is 18.2 Å². The van der Waals surface area contributed by atoms with Crippen LogP contribution in [0.5, 0.6) is 0 Å². The van der Waals surface area contributed by atoms with E-state index in [1.807, 2.05) is 6.92 Å². The number of rotatable bonds is 4. The number of aryl methyl sites for hydroxylation is 1. The molecule has 0 aliphatic rings. The second kappa shape index (κ2) is 5.59. The molecular weight excluding hydrogens is 273 g/mol. The van der Waals surface area contributed by atoms with Crippen molar-refractivity contribution in [3.05, 3.63) is 39.6 Å². The molecule has 0 radical (unpaired) electrons. The van der Waals surface area contributed by atoms with E-state index >= 15 is 0 Å². The van der Waals surface area contributed by atoms with E-state index in [0.29, 0.717) is 10.7 Å². The van der Waals surface area contributed by atoms with Gasteiger partial charge in [0.05, 0.1) is 5.02 Å². The van der Waals surface area contributed by atoms with Crippen LogP contribution in [-0.4, -0.2) is 11.3 Å². The van der Waals surface area contributed by atoms with Crippen LogP contribution in [0.1, 0.15) is 28.7 Å². The van der Waals surface area contributed by atoms with E-state index in [-0.39, 0.29) is 5.02 Å². The van der Waals surface area contributed by atoms with Crippen LogP contribution in [0, 0.1) is 5.82 Å². The Kier molecular flexibility index (Phi) is 4.09. The van der Waals surface area contributed by atoms with E-state index in [1.54, 1.807) is 6.07 Å². The van der Waals surface area contributed by atoms with Crippen molar-refractivity contribution >= 4 is 29.2 Å². The molecule has 0 saturated heterocycles. The Bertz CT molecular complexity index is 582. The van der Waals surface area contributed by atoms with Crippen LogP contribution in [0.25, 0.3) is 10.6 Å². The lowest BCUT2D eigenvalue weighted by Gasteiger charge is -1.98. The number of thiazole rings is 1. The maximum atomic E-state index is 13.1. The van der Waals surface area contributed by atoms with Gasteiger partial charge in [-0.2, -0.15) is 0 Å². The smallest absolute Gasteiger partial charge is 0.169 e. The first-order valence-electron chi connectivity index (χ1n) is 5.56. The molecule has 0 amide bonds. The van der Waals surface area contributed by atoms with Gasteiger partial charge in [0.2, 0.25) is 0 Å². The number of carbonyl (C=O) groups excluding carboxylic acids is 1. The zero-order valence-electron chi connectivity index (χ0n) is 9.74. The first-order chi connectivity index (χ1) is 8.65. The quantitative estimate of drug-likeness (QED) is 0.780. The van der Waals surface area contributed by atoms with Crippen LogP contribution in [-0.2, 0) is 6.42 Å². The SMILES string of the molecule is CCCc1sc(-c2ccc(F)c(Cl)c2)nc1C=O. The van der Waals surface area contributed by atoms with Gasteiger partial charge in [-0.25, -0.2) is 9.37 Å². The molecule has 0 aliphatic carbocycles. The lowest BCUT2D eigenvalue weighted by molar-refractivity contribution is 0.111. The van der Waals surface area contributed by atoms with Gasteiger partial charge in [0.1, 0.15) is 16.5 Å². The van der Waals surface area contributed by atoms with Crippen molar-refractivity contribution < 1.29 is 9.18 Å². The molecule has 94 valence electrons. The van der Waals surface area contributed by atoms with Crippen LogP contribution >= 0.6 is 22.9 Å². The summed E-state index contributed by atoms with van der Waals surface area (Å²) in [5, 5.41) is 0.759. The molecule has 0 atom stereocenters. The number of carbonyl (C=O) groups is 1. The van der Waals surface area contributed by atoms with Crippen LogP contribution in [0.4, 0.5) is 4.39 Å². The fourth-order valence-electron chi connectivity index (χ4n) is 1.61. The van der Waals surface area contributed by atoms with Gasteiger partial charge in [-0.15, -0.1) is 11.3 Å². The number of hydrogen-bond donors (Lipinski definition) is 0. The van der Waals surface area contributed by atoms with Crippen LogP contribution in [0.3, 0.4) is 0 Å². The topological polar surface area (TPSA) is 30.0 Å². The molecule has 0 N–H and O–H groups in total. The van der Waals surface area contributed by atoms with Crippen LogP contribution in [0.2, 0.25) is 5.02 Å². The van der Waals surface area contributed by atoms with Gasteiger partial charge in [-0.05, 0) is 24.6 Å². The van der Waals surface area contributed by atoms with Gasteiger partial charge < -0.3 is 0 Å². The molecule has 0 fully saturated rings. The molecule has 18 heavy (non-hydrogen) atoms. The summed E-state index contributed by atoms with van der Waals surface area (Å²) in [5.41, 5.74) is 1.20. The Morgan fingerprint density at radius 3 is 2.89 bits per heavy atom. The summed E-state index contributed by atoms with van der Waals surface area (Å²) in [6.45, 7) is 2.04. The molecule has 1 aromatic heterocycles. The number of nitrogens with zero attached hydrogens (tertiary/aromatic N) is 1. The van der Waals surface area contributed by atoms with E-state index in [2.05, 4.69) is 4.98 Å². The maximum absolute atomic E-state index is 13.1. The number of benzene rings is 1. The Morgan fingerprint density at radius 1 is 1.50 bits per heavy atom. The zero-order chi connectivity index (χ0) is 13.1. The van der Waals surface area contributed by atoms with Gasteiger partial charge in [0.15, 0.2) is 6.29 Å². The Morgan fingerprint density at radius 2 is 2.28 bits per heavy atom. The zero-order valence-corrected chi connectivity index (χ0v) is 11.3. The average Bonchev–Trinajstić information content (AvgIpc) is 2.76. The van der Waals surface area contributed by atoms with Gasteiger partial charge in [0, 0.05) is 10.4 Å². The molecular formula is C13H11ClFNOS. The normalized spacial score (nSPS) is 10.6. The van der Waals surface area contributed by atoms with Crippen molar-refractivity contribution in [3.63, 3.8) is 0 Å². The van der Waals surface area contributed by atoms with E-state index in [4.69, 9.17) is 11.6 Å². The van der Waals surface area contributed by atoms with Crippen molar-refractivity contribution in [1.29, 1.82) is 0 Å². The molecule has 1 aromatic carbocycles. The lowest BCUT2D eigenvalue weighted by atomic mass is 10.2. The molecule has 0 unspecified atom stereocenters. The molecule has 2 aromatic rings. The molecule has 1 heterocycles. The molecule has 0 aliphatic heterocycles. The highest BCUT2D eigenvalue weighted by molar-refractivity contribution is 7.15. The largest absolute Gasteiger partial charge is 0.296 e. The molecule has 2 rings (SSSR count). The summed E-state index contributed by atoms with van der Waals surface area (Å²) < 4.78 is 13.1. The third-order valence-electron chi connectivity index (χ3n) is 2.48. The Hall–Kier alpha value is -1.26. The highest BCUT2D eigenvalue weighted by Gasteiger charge is 2.12. The summed E-state index contributed by atoms with van der Waals surface area (Å²) >= 11 is 7.19. The average molecular weight is 284 g/mol. The number of hydrogen-bond acceptors (Lipinski definition) is 3. The number of aldehydes is 1. The second-order valence-corrected chi connectivity index (χ2v) is 5.31. The maximum Gasteiger partial charge on any atom is 0.169 e. The van der Waals surface area contributed by atoms with Crippen molar-refractivity contribution in [3.8, 4) is 10.6 Å². The van der Waals surface area contributed by atoms with Gasteiger partial charge in [-0.3, -0.25) is 4.79 Å². The van der Waals surface area contributed by atoms with Crippen LogP contribution < -0.4 is 0 Å². The summed E-state index contributed by atoms with van der Waals surface area (Å²) in [6, 6.07) is 4.45. The van der Waals surface area contributed by atoms with Crippen molar-refractivity contribution in [1.82, 2.24) is 4.98 Å². The fourth-order valence-corrected chi connectivity index (χ4v) is 2.92. The second-order valence-electron chi connectivity index (χ2n) is 3.82. The molecule has 0 saturated carbocycles. The predicted molar refractivity (Wildman–Crippen MR) is 71.9 cm³/mol. The van der Waals surface area contributed by atoms with Crippen molar-refractivity contribution in [2.24, 2.45) is 0 Å². The first-order valence-corrected chi connectivity index (χ1v) is 6.75. The first kappa shape index (κ1) is 13.2. The van der Waals surface area contributed by atoms with Crippen molar-refractivity contribution in [2.45, 2.75) is 19.8 Å². The highest BCUT2D eigenvalue weighted by atomic mass is 35.5. The van der Waals surface area contributed by atoms with E-state index in [9.17, 15) is 9.18 Å². The number of aromatic nitrogens is 1. The van der Waals surface area contributed by atoms with Gasteiger partial charge >= 0.3 is 0 Å². The highest BCUT2D eigenvalue weighted by Crippen LogP contribution is 2.30. The Labute approximate surface area is 113 Å². The van der Waals surface area contributed by atoms with Crippen molar-refractivity contribution in [2.75, 3.05) is 0 Å². The predicted octanol–water partition coefficient (Wildman–Crippen LogP) is 4.37. The lowest BCUT2D eigenvalue weighted by Crippen LogP contribution is -1.87. The minimum atomic E-state index is -0.457. The summed E-state index contributed by atoms with van der Waals surface area (Å²) in [4.78, 5) is 16.1. The van der Waals surface area contributed by atoms with E-state index < -0.39 is 5.82 Å². The van der Waals surface area contributed by atoms with Gasteiger partial charge in [-0.1, -0.05) is 24.9 Å². The van der Waals surface area contributed by atoms with E-state index in [1.165, 1.54) is 23.5 Å². The van der Waals surface area contributed by atoms with E-state index in [0.717, 1.165) is 29.6 Å². The minimum absolute atomic E-state index is 0.0624. The molecule has 0 spiro atoms. The molecule has 5 heteroatoms. The molecule has 0 bridgehead atoms. The third kappa shape index (κ3) is 2.60. The monoisotopic (exact) mass is 283 g/mol. The third-order valence-corrected chi connectivity index (χ3v) is 3.95. The molecule has 2 nitrogen and oxygen atoms in total. The summed E-state index contributed by atoms with van der Waals surface area (Å²) in [7, 11) is 0. The number of halogens is 2. The summed E-state index contributed by atoms with van der Waals surface area (Å²) in [5.74, 6) is -0.457. The standard InChI is InChI=1S/C13H11ClFNOS/c1-2-3-12-11(7-17)16-13(18-12)8-4-5-10(15)9(14)6-8/h4-7H,2-3H2,1H3. The fraction of sp³-hybridized carbons (Fsp3) is 0.231. The minimum Gasteiger partial charge on any atom is -0.296 e. The van der Waals surface area contributed by atoms with Gasteiger partial charge in [0.25, 0.3) is 0 Å². The summed E-state index contributed by atoms with van der Waals surface area (Å²) in [6.07, 6.45) is 2.53. The Balaban J connectivity index is 2.43.